The van der Waals surface area contributed by atoms with Crippen molar-refractivity contribution in [3.63, 3.8) is 0 Å². The molecule has 1 aliphatic rings. The molecule has 2 heterocycles. The fourth-order valence-corrected chi connectivity index (χ4v) is 4.15. The topological polar surface area (TPSA) is 89.3 Å². The van der Waals surface area contributed by atoms with Gasteiger partial charge in [0.2, 0.25) is 0 Å². The lowest BCUT2D eigenvalue weighted by molar-refractivity contribution is -0.121. The molecule has 0 spiro atoms. The highest BCUT2D eigenvalue weighted by Crippen LogP contribution is 2.34. The van der Waals surface area contributed by atoms with Gasteiger partial charge in [0.05, 0.1) is 12.2 Å². The van der Waals surface area contributed by atoms with Crippen LogP contribution in [-0.4, -0.2) is 42.8 Å². The highest BCUT2D eigenvalue weighted by atomic mass is 16.5. The molecule has 0 aliphatic carbocycles. The van der Waals surface area contributed by atoms with Gasteiger partial charge in [0.15, 0.2) is 24.8 Å². The van der Waals surface area contributed by atoms with E-state index in [1.807, 2.05) is 48.5 Å². The largest absolute Gasteiger partial charge is 0.485 e. The maximum absolute atomic E-state index is 12.9. The van der Waals surface area contributed by atoms with Crippen molar-refractivity contribution in [1.29, 1.82) is 0 Å². The molecule has 0 bridgehead atoms. The van der Waals surface area contributed by atoms with Crippen LogP contribution < -0.4 is 14.4 Å². The SMILES string of the molecule is CN(Cc1ccccc1)C(=O)c1ccc(CN2C(=O)COc3ccc(C(=O)COc4ccccc4)cc32)o1. The molecular formula is C30H26N2O6. The minimum absolute atomic E-state index is 0.0863. The van der Waals surface area contributed by atoms with Crippen molar-refractivity contribution in [2.45, 2.75) is 13.1 Å². The van der Waals surface area contributed by atoms with Crippen molar-refractivity contribution in [2.75, 3.05) is 25.2 Å². The van der Waals surface area contributed by atoms with Crippen molar-refractivity contribution in [1.82, 2.24) is 4.90 Å². The number of hydrogen-bond acceptors (Lipinski definition) is 6. The number of amides is 2. The summed E-state index contributed by atoms with van der Waals surface area (Å²) in [5, 5.41) is 0. The first-order chi connectivity index (χ1) is 18.5. The number of rotatable bonds is 9. The predicted octanol–water partition coefficient (Wildman–Crippen LogP) is 4.74. The summed E-state index contributed by atoms with van der Waals surface area (Å²) in [6, 6.07) is 26.9. The average molecular weight is 511 g/mol. The lowest BCUT2D eigenvalue weighted by Gasteiger charge is -2.29. The third kappa shape index (κ3) is 5.59. The standard InChI is InChI=1S/C30H26N2O6/c1-31(17-21-8-4-2-5-9-21)30(35)28-15-13-24(38-28)18-32-25-16-22(12-14-27(25)37-20-29(32)34)26(33)19-36-23-10-6-3-7-11-23/h2-16H,17-20H2,1H3. The maximum Gasteiger partial charge on any atom is 0.289 e. The van der Waals surface area contributed by atoms with Gasteiger partial charge in [-0.3, -0.25) is 19.3 Å². The summed E-state index contributed by atoms with van der Waals surface area (Å²) < 4.78 is 17.0. The summed E-state index contributed by atoms with van der Waals surface area (Å²) in [5.74, 6) is 0.912. The Balaban J connectivity index is 1.29. The van der Waals surface area contributed by atoms with E-state index < -0.39 is 0 Å². The number of carbonyl (C=O) groups is 3. The van der Waals surface area contributed by atoms with E-state index in [1.54, 1.807) is 54.4 Å². The van der Waals surface area contributed by atoms with Crippen molar-refractivity contribution in [3.05, 3.63) is 114 Å². The number of hydrogen-bond donors (Lipinski definition) is 0. The zero-order valence-corrected chi connectivity index (χ0v) is 20.8. The second-order valence-electron chi connectivity index (χ2n) is 8.89. The molecule has 0 fully saturated rings. The van der Waals surface area contributed by atoms with Crippen LogP contribution in [0.4, 0.5) is 5.69 Å². The van der Waals surface area contributed by atoms with Crippen LogP contribution in [0.3, 0.4) is 0 Å². The van der Waals surface area contributed by atoms with Crippen LogP contribution in [-0.2, 0) is 17.9 Å². The zero-order chi connectivity index (χ0) is 26.5. The van der Waals surface area contributed by atoms with E-state index >= 15 is 0 Å². The molecule has 0 radical (unpaired) electrons. The Bertz CT molecular complexity index is 1450. The van der Waals surface area contributed by atoms with Crippen molar-refractivity contribution in [2.24, 2.45) is 0 Å². The maximum atomic E-state index is 12.9. The van der Waals surface area contributed by atoms with E-state index in [1.165, 1.54) is 4.90 Å². The number of ketones is 1. The molecule has 4 aromatic rings. The monoisotopic (exact) mass is 510 g/mol. The van der Waals surface area contributed by atoms with E-state index in [0.717, 1.165) is 5.56 Å². The highest BCUT2D eigenvalue weighted by molar-refractivity contribution is 6.02. The molecule has 1 aromatic heterocycles. The first kappa shape index (κ1) is 24.8. The second-order valence-corrected chi connectivity index (χ2v) is 8.89. The lowest BCUT2D eigenvalue weighted by Crippen LogP contribution is -2.38. The van der Waals surface area contributed by atoms with Gasteiger partial charge in [0.25, 0.3) is 11.8 Å². The fourth-order valence-electron chi connectivity index (χ4n) is 4.15. The molecule has 1 aliphatic heterocycles. The molecule has 0 saturated carbocycles. The van der Waals surface area contributed by atoms with Crippen LogP contribution >= 0.6 is 0 Å². The summed E-state index contributed by atoms with van der Waals surface area (Å²) in [6.45, 7) is 0.250. The van der Waals surface area contributed by atoms with E-state index in [0.29, 0.717) is 35.1 Å². The summed E-state index contributed by atoms with van der Waals surface area (Å²) in [5.41, 5.74) is 1.85. The normalized spacial score (nSPS) is 12.4. The smallest absolute Gasteiger partial charge is 0.289 e. The van der Waals surface area contributed by atoms with Gasteiger partial charge in [-0.05, 0) is 48.0 Å². The zero-order valence-electron chi connectivity index (χ0n) is 20.8. The lowest BCUT2D eigenvalue weighted by atomic mass is 10.1. The number of nitrogens with zero attached hydrogens (tertiary/aromatic N) is 2. The molecule has 2 amide bonds. The molecule has 38 heavy (non-hydrogen) atoms. The number of carbonyl (C=O) groups excluding carboxylic acids is 3. The number of fused-ring (bicyclic) bond motifs is 1. The average Bonchev–Trinajstić information content (AvgIpc) is 3.42. The first-order valence-corrected chi connectivity index (χ1v) is 12.1. The van der Waals surface area contributed by atoms with E-state index in [2.05, 4.69) is 0 Å². The van der Waals surface area contributed by atoms with Gasteiger partial charge in [-0.1, -0.05) is 48.5 Å². The van der Waals surface area contributed by atoms with Gasteiger partial charge in [0.1, 0.15) is 17.3 Å². The quantitative estimate of drug-likeness (QED) is 0.302. The Labute approximate surface area is 220 Å². The molecule has 0 N–H and O–H groups in total. The molecule has 8 nitrogen and oxygen atoms in total. The summed E-state index contributed by atoms with van der Waals surface area (Å²) in [4.78, 5) is 41.5. The number of para-hydroxylation sites is 1. The number of benzene rings is 3. The Hall–Kier alpha value is -4.85. The molecular weight excluding hydrogens is 484 g/mol. The minimum atomic E-state index is -0.284. The summed E-state index contributed by atoms with van der Waals surface area (Å²) in [7, 11) is 1.71. The molecule has 192 valence electrons. The second kappa shape index (κ2) is 11.0. The molecule has 0 atom stereocenters. The van der Waals surface area contributed by atoms with Crippen LogP contribution in [0.25, 0.3) is 0 Å². The van der Waals surface area contributed by atoms with E-state index in [9.17, 15) is 14.4 Å². The molecule has 0 unspecified atom stereocenters. The van der Waals surface area contributed by atoms with Crippen LogP contribution in [0.1, 0.15) is 32.2 Å². The van der Waals surface area contributed by atoms with E-state index in [4.69, 9.17) is 13.9 Å². The predicted molar refractivity (Wildman–Crippen MR) is 140 cm³/mol. The van der Waals surface area contributed by atoms with Crippen molar-refractivity contribution in [3.8, 4) is 11.5 Å². The van der Waals surface area contributed by atoms with Gasteiger partial charge in [-0.15, -0.1) is 0 Å². The first-order valence-electron chi connectivity index (χ1n) is 12.1. The van der Waals surface area contributed by atoms with Gasteiger partial charge in [-0.2, -0.15) is 0 Å². The summed E-state index contributed by atoms with van der Waals surface area (Å²) in [6.07, 6.45) is 0. The van der Waals surface area contributed by atoms with Crippen LogP contribution in [0.2, 0.25) is 0 Å². The summed E-state index contributed by atoms with van der Waals surface area (Å²) >= 11 is 0. The molecule has 5 rings (SSSR count). The van der Waals surface area contributed by atoms with Crippen molar-refractivity contribution >= 4 is 23.3 Å². The molecule has 3 aromatic carbocycles. The fraction of sp³-hybridized carbons (Fsp3) is 0.167. The highest BCUT2D eigenvalue weighted by Gasteiger charge is 2.28. The number of ether oxygens (including phenoxy) is 2. The number of furan rings is 1. The minimum Gasteiger partial charge on any atom is -0.485 e. The van der Waals surface area contributed by atoms with Crippen LogP contribution in [0.15, 0.2) is 95.4 Å². The number of Topliss-reactive ketones (excluding diaryl/α,β-unsaturated/α-hetero) is 1. The van der Waals surface area contributed by atoms with Crippen molar-refractivity contribution < 1.29 is 28.3 Å². The van der Waals surface area contributed by atoms with Crippen LogP contribution in [0.5, 0.6) is 11.5 Å². The van der Waals surface area contributed by atoms with Gasteiger partial charge >= 0.3 is 0 Å². The van der Waals surface area contributed by atoms with Crippen LogP contribution in [0, 0.1) is 0 Å². The molecule has 0 saturated heterocycles. The van der Waals surface area contributed by atoms with Gasteiger partial charge < -0.3 is 18.8 Å². The Morgan fingerprint density at radius 3 is 2.45 bits per heavy atom. The van der Waals surface area contributed by atoms with Gasteiger partial charge in [0, 0.05) is 19.2 Å². The third-order valence-electron chi connectivity index (χ3n) is 6.13. The third-order valence-corrected chi connectivity index (χ3v) is 6.13. The Morgan fingerprint density at radius 1 is 0.947 bits per heavy atom. The Kier molecular flexibility index (Phi) is 7.21. The Morgan fingerprint density at radius 2 is 1.68 bits per heavy atom. The molecule has 8 heteroatoms. The number of anilines is 1. The van der Waals surface area contributed by atoms with Gasteiger partial charge in [-0.25, -0.2) is 0 Å². The van der Waals surface area contributed by atoms with E-state index in [-0.39, 0.29) is 43.1 Å².